The normalized spacial score (nSPS) is 11.9. The van der Waals surface area contributed by atoms with Gasteiger partial charge >= 0.3 is 11.7 Å². The molecule has 0 saturated carbocycles. The number of carbonyl (C=O) groups is 2. The largest absolute Gasteiger partial charge is 0.480 e. The van der Waals surface area contributed by atoms with Gasteiger partial charge in [-0.05, 0) is 25.1 Å². The first-order chi connectivity index (χ1) is 12.4. The highest BCUT2D eigenvalue weighted by atomic mass is 16.5. The van der Waals surface area contributed by atoms with Gasteiger partial charge in [0.2, 0.25) is 0 Å². The van der Waals surface area contributed by atoms with Crippen molar-refractivity contribution in [2.75, 3.05) is 13.2 Å². The number of ether oxygens (including phenoxy) is 1. The van der Waals surface area contributed by atoms with Crippen molar-refractivity contribution in [3.05, 3.63) is 57.3 Å². The van der Waals surface area contributed by atoms with Gasteiger partial charge in [-0.15, -0.1) is 6.58 Å². The van der Waals surface area contributed by atoms with Gasteiger partial charge < -0.3 is 20.1 Å². The van der Waals surface area contributed by atoms with E-state index in [4.69, 9.17) is 9.84 Å². The number of nitrogens with zero attached hydrogens (tertiary/aromatic N) is 1. The average molecular weight is 361 g/mol. The molecule has 0 saturated heterocycles. The molecule has 1 aromatic carbocycles. The molecule has 1 unspecified atom stereocenters. The Kier molecular flexibility index (Phi) is 6.07. The summed E-state index contributed by atoms with van der Waals surface area (Å²) in [7, 11) is 0. The van der Waals surface area contributed by atoms with Crippen LogP contribution in [0.25, 0.3) is 10.9 Å². The van der Waals surface area contributed by atoms with E-state index >= 15 is 0 Å². The number of hydrogen-bond acceptors (Lipinski definition) is 5. The molecule has 1 aromatic heterocycles. The number of aliphatic carboxylic acids is 1. The number of hydrogen-bond donors (Lipinski definition) is 3. The Morgan fingerprint density at radius 1 is 1.42 bits per heavy atom. The second-order valence-corrected chi connectivity index (χ2v) is 5.43. The molecular weight excluding hydrogens is 342 g/mol. The Morgan fingerprint density at radius 3 is 2.77 bits per heavy atom. The third-order valence-corrected chi connectivity index (χ3v) is 3.68. The smallest absolute Gasteiger partial charge is 0.328 e. The molecule has 9 heteroatoms. The standard InChI is InChI=1S/C17H19N3O6/c1-3-7-26-9-13(16(23)24)18-14(21)10-5-6-11-12(8-10)19-17(25)20(4-2)15(11)22/h3,5-6,8,13H,1,4,7,9H2,2H3,(H,18,21)(H,19,25)(H,23,24). The van der Waals surface area contributed by atoms with Crippen molar-refractivity contribution in [2.45, 2.75) is 19.5 Å². The first-order valence-corrected chi connectivity index (χ1v) is 7.88. The molecule has 2 aromatic rings. The second kappa shape index (κ2) is 8.26. The maximum Gasteiger partial charge on any atom is 0.328 e. The first-order valence-electron chi connectivity index (χ1n) is 7.88. The molecule has 1 heterocycles. The number of benzene rings is 1. The van der Waals surface area contributed by atoms with E-state index in [2.05, 4.69) is 16.9 Å². The number of aromatic nitrogens is 2. The zero-order chi connectivity index (χ0) is 19.3. The van der Waals surface area contributed by atoms with Crippen molar-refractivity contribution >= 4 is 22.8 Å². The summed E-state index contributed by atoms with van der Waals surface area (Å²) in [6.07, 6.45) is 1.46. The van der Waals surface area contributed by atoms with E-state index in [0.29, 0.717) is 0 Å². The molecule has 0 radical (unpaired) electrons. The van der Waals surface area contributed by atoms with Crippen LogP contribution in [0.4, 0.5) is 0 Å². The lowest BCUT2D eigenvalue weighted by Crippen LogP contribution is -2.44. The molecule has 9 nitrogen and oxygen atoms in total. The van der Waals surface area contributed by atoms with Crippen molar-refractivity contribution in [2.24, 2.45) is 0 Å². The Balaban J connectivity index is 2.30. The van der Waals surface area contributed by atoms with Crippen molar-refractivity contribution in [1.82, 2.24) is 14.9 Å². The van der Waals surface area contributed by atoms with Crippen molar-refractivity contribution in [1.29, 1.82) is 0 Å². The third kappa shape index (κ3) is 4.06. The fraction of sp³-hybridized carbons (Fsp3) is 0.294. The SMILES string of the molecule is C=CCOCC(NC(=O)c1ccc2c(=O)n(CC)c(=O)[nH]c2c1)C(=O)O. The van der Waals surface area contributed by atoms with Gasteiger partial charge in [0, 0.05) is 12.1 Å². The van der Waals surface area contributed by atoms with Gasteiger partial charge in [0.1, 0.15) is 0 Å². The van der Waals surface area contributed by atoms with E-state index < -0.39 is 29.2 Å². The summed E-state index contributed by atoms with van der Waals surface area (Å²) in [5.74, 6) is -1.91. The summed E-state index contributed by atoms with van der Waals surface area (Å²) in [5.41, 5.74) is -0.729. The minimum absolute atomic E-state index is 0.108. The molecule has 1 atom stereocenters. The van der Waals surface area contributed by atoms with Crippen molar-refractivity contribution in [3.63, 3.8) is 0 Å². The van der Waals surface area contributed by atoms with E-state index in [0.717, 1.165) is 4.57 Å². The number of fused-ring (bicyclic) bond motifs is 1. The lowest BCUT2D eigenvalue weighted by atomic mass is 10.1. The maximum absolute atomic E-state index is 12.3. The van der Waals surface area contributed by atoms with Gasteiger partial charge in [0.05, 0.1) is 24.1 Å². The van der Waals surface area contributed by atoms with Gasteiger partial charge in [-0.25, -0.2) is 9.59 Å². The minimum atomic E-state index is -1.25. The van der Waals surface area contributed by atoms with Crippen LogP contribution in [0, 0.1) is 0 Å². The molecule has 138 valence electrons. The highest BCUT2D eigenvalue weighted by Gasteiger charge is 2.21. The summed E-state index contributed by atoms with van der Waals surface area (Å²) in [4.78, 5) is 50.2. The van der Waals surface area contributed by atoms with E-state index in [1.165, 1.54) is 24.3 Å². The number of H-pyrrole nitrogens is 1. The van der Waals surface area contributed by atoms with E-state index in [-0.39, 0.29) is 36.2 Å². The third-order valence-electron chi connectivity index (χ3n) is 3.68. The maximum atomic E-state index is 12.3. The number of carboxylic acids is 1. The number of carboxylic acid groups (broad SMARTS) is 1. The zero-order valence-corrected chi connectivity index (χ0v) is 14.2. The van der Waals surface area contributed by atoms with Crippen LogP contribution in [0.3, 0.4) is 0 Å². The van der Waals surface area contributed by atoms with Crippen LogP contribution in [-0.4, -0.2) is 45.8 Å². The molecule has 1 amide bonds. The quantitative estimate of drug-likeness (QED) is 0.451. The van der Waals surface area contributed by atoms with E-state index in [1.54, 1.807) is 6.92 Å². The average Bonchev–Trinajstić information content (AvgIpc) is 2.60. The lowest BCUT2D eigenvalue weighted by Gasteiger charge is -2.14. The van der Waals surface area contributed by atoms with Crippen LogP contribution in [0.5, 0.6) is 0 Å². The number of amides is 1. The predicted octanol–water partition coefficient (Wildman–Crippen LogP) is 0.0953. The molecule has 0 spiro atoms. The highest BCUT2D eigenvalue weighted by Crippen LogP contribution is 2.09. The van der Waals surface area contributed by atoms with Gasteiger partial charge in [-0.3, -0.25) is 14.2 Å². The van der Waals surface area contributed by atoms with E-state index in [9.17, 15) is 19.2 Å². The number of nitrogens with one attached hydrogen (secondary N) is 2. The summed E-state index contributed by atoms with van der Waals surface area (Å²) < 4.78 is 6.11. The molecule has 3 N–H and O–H groups in total. The second-order valence-electron chi connectivity index (χ2n) is 5.43. The Morgan fingerprint density at radius 2 is 2.15 bits per heavy atom. The Hall–Kier alpha value is -3.20. The molecule has 0 fully saturated rings. The van der Waals surface area contributed by atoms with Crippen LogP contribution in [0.15, 0.2) is 40.4 Å². The van der Waals surface area contributed by atoms with Crippen LogP contribution in [0.1, 0.15) is 17.3 Å². The summed E-state index contributed by atoms with van der Waals surface area (Å²) in [6.45, 7) is 5.27. The molecule has 0 aliphatic rings. The number of carbonyl (C=O) groups excluding carboxylic acids is 1. The molecule has 0 aliphatic carbocycles. The van der Waals surface area contributed by atoms with Gasteiger partial charge in [0.15, 0.2) is 6.04 Å². The van der Waals surface area contributed by atoms with Gasteiger partial charge in [-0.2, -0.15) is 0 Å². The highest BCUT2D eigenvalue weighted by molar-refractivity contribution is 5.99. The van der Waals surface area contributed by atoms with Crippen LogP contribution in [-0.2, 0) is 16.1 Å². The fourth-order valence-corrected chi connectivity index (χ4v) is 2.37. The topological polar surface area (TPSA) is 130 Å². The molecule has 0 bridgehead atoms. The fourth-order valence-electron chi connectivity index (χ4n) is 2.37. The number of aromatic amines is 1. The van der Waals surface area contributed by atoms with Crippen molar-refractivity contribution < 1.29 is 19.4 Å². The Bertz CT molecular complexity index is 959. The van der Waals surface area contributed by atoms with Crippen molar-refractivity contribution in [3.8, 4) is 0 Å². The molecule has 0 aliphatic heterocycles. The molecule has 26 heavy (non-hydrogen) atoms. The summed E-state index contributed by atoms with van der Waals surface area (Å²) in [5, 5.41) is 11.8. The monoisotopic (exact) mass is 361 g/mol. The summed E-state index contributed by atoms with van der Waals surface area (Å²) >= 11 is 0. The lowest BCUT2D eigenvalue weighted by molar-refractivity contribution is -0.140. The first kappa shape index (κ1) is 19.1. The molecular formula is C17H19N3O6. The van der Waals surface area contributed by atoms with Crippen LogP contribution >= 0.6 is 0 Å². The van der Waals surface area contributed by atoms with Gasteiger partial charge in [-0.1, -0.05) is 6.08 Å². The summed E-state index contributed by atoms with van der Waals surface area (Å²) in [6, 6.07) is 2.89. The van der Waals surface area contributed by atoms with Crippen LogP contribution in [0.2, 0.25) is 0 Å². The molecule has 2 rings (SSSR count). The Labute approximate surface area is 147 Å². The zero-order valence-electron chi connectivity index (χ0n) is 14.2. The predicted molar refractivity (Wildman–Crippen MR) is 94.4 cm³/mol. The van der Waals surface area contributed by atoms with Crippen LogP contribution < -0.4 is 16.6 Å². The van der Waals surface area contributed by atoms with E-state index in [1.807, 2.05) is 0 Å². The number of rotatable bonds is 8. The minimum Gasteiger partial charge on any atom is -0.480 e. The van der Waals surface area contributed by atoms with Gasteiger partial charge in [0.25, 0.3) is 11.5 Å².